The van der Waals surface area contributed by atoms with Crippen LogP contribution in [0.5, 0.6) is 0 Å². The number of aromatic amines is 1. The zero-order chi connectivity index (χ0) is 8.77. The lowest BCUT2D eigenvalue weighted by atomic mass is 10.0. The Kier molecular flexibility index (Phi) is 1.55. The highest BCUT2D eigenvalue weighted by molar-refractivity contribution is 5.32. The van der Waals surface area contributed by atoms with E-state index in [2.05, 4.69) is 25.0 Å². The van der Waals surface area contributed by atoms with Crippen LogP contribution < -0.4 is 5.73 Å². The van der Waals surface area contributed by atoms with E-state index < -0.39 is 0 Å². The average Bonchev–Trinajstić information content (AvgIpc) is 2.67. The van der Waals surface area contributed by atoms with Gasteiger partial charge < -0.3 is 10.7 Å². The molecule has 12 heavy (non-hydrogen) atoms. The van der Waals surface area contributed by atoms with Gasteiger partial charge in [-0.3, -0.25) is 0 Å². The van der Waals surface area contributed by atoms with Gasteiger partial charge in [-0.05, 0) is 44.2 Å². The summed E-state index contributed by atoms with van der Waals surface area (Å²) in [6.07, 6.45) is 5.50. The Labute approximate surface area is 73.2 Å². The average molecular weight is 164 g/mol. The van der Waals surface area contributed by atoms with E-state index >= 15 is 0 Å². The first-order valence-electron chi connectivity index (χ1n) is 4.53. The number of H-pyrrole nitrogens is 1. The molecule has 1 fully saturated rings. The van der Waals surface area contributed by atoms with Crippen LogP contribution in [0.1, 0.15) is 29.7 Å². The summed E-state index contributed by atoms with van der Waals surface area (Å²) in [5, 5.41) is 0. The fraction of sp³-hybridized carbons (Fsp3) is 0.600. The molecule has 2 rings (SSSR count). The van der Waals surface area contributed by atoms with Gasteiger partial charge in [0.15, 0.2) is 0 Å². The highest BCUT2D eigenvalue weighted by Gasteiger charge is 2.38. The van der Waals surface area contributed by atoms with Crippen molar-refractivity contribution in [2.24, 2.45) is 5.73 Å². The first kappa shape index (κ1) is 7.87. The van der Waals surface area contributed by atoms with Crippen LogP contribution in [-0.4, -0.2) is 10.5 Å². The largest absolute Gasteiger partial charge is 0.365 e. The number of nitrogens with one attached hydrogen (secondary N) is 1. The fourth-order valence-corrected chi connectivity index (χ4v) is 1.65. The Morgan fingerprint density at radius 2 is 2.17 bits per heavy atom. The molecule has 0 unspecified atom stereocenters. The third-order valence-corrected chi connectivity index (χ3v) is 2.85. The quantitative estimate of drug-likeness (QED) is 0.686. The molecule has 0 saturated heterocycles. The summed E-state index contributed by atoms with van der Waals surface area (Å²) in [5.74, 6) is 0. The van der Waals surface area contributed by atoms with E-state index in [0.29, 0.717) is 0 Å². The van der Waals surface area contributed by atoms with Crippen molar-refractivity contribution in [2.45, 2.75) is 38.6 Å². The number of rotatable bonds is 2. The summed E-state index contributed by atoms with van der Waals surface area (Å²) in [7, 11) is 0. The minimum absolute atomic E-state index is 0.137. The number of nitrogens with two attached hydrogens (primary N) is 1. The molecule has 1 aliphatic carbocycles. The molecule has 0 bridgehead atoms. The van der Waals surface area contributed by atoms with Crippen molar-refractivity contribution in [3.05, 3.63) is 23.0 Å². The van der Waals surface area contributed by atoms with Crippen LogP contribution in [0.2, 0.25) is 0 Å². The van der Waals surface area contributed by atoms with E-state index in [4.69, 9.17) is 5.73 Å². The summed E-state index contributed by atoms with van der Waals surface area (Å²) >= 11 is 0. The number of hydrogen-bond acceptors (Lipinski definition) is 1. The fourth-order valence-electron chi connectivity index (χ4n) is 1.65. The molecule has 0 spiro atoms. The minimum Gasteiger partial charge on any atom is -0.365 e. The van der Waals surface area contributed by atoms with Crippen molar-refractivity contribution in [1.82, 2.24) is 4.98 Å². The second-order valence-corrected chi connectivity index (χ2v) is 4.11. The predicted octanol–water partition coefficient (Wildman–Crippen LogP) is 1.67. The third-order valence-electron chi connectivity index (χ3n) is 2.85. The van der Waals surface area contributed by atoms with Crippen molar-refractivity contribution < 1.29 is 0 Å². The Hall–Kier alpha value is -0.760. The third kappa shape index (κ3) is 1.27. The first-order chi connectivity index (χ1) is 5.61. The van der Waals surface area contributed by atoms with Crippen molar-refractivity contribution >= 4 is 0 Å². The molecule has 3 N–H and O–H groups in total. The molecular weight excluding hydrogens is 148 g/mol. The molecule has 1 aromatic heterocycles. The van der Waals surface area contributed by atoms with E-state index in [9.17, 15) is 0 Å². The van der Waals surface area contributed by atoms with Crippen molar-refractivity contribution in [2.75, 3.05) is 0 Å². The molecule has 0 aliphatic heterocycles. The predicted molar refractivity (Wildman–Crippen MR) is 50.1 cm³/mol. The van der Waals surface area contributed by atoms with Crippen LogP contribution in [0.25, 0.3) is 0 Å². The van der Waals surface area contributed by atoms with Gasteiger partial charge >= 0.3 is 0 Å². The smallest absolute Gasteiger partial charge is 0.0197 e. The van der Waals surface area contributed by atoms with Crippen LogP contribution in [-0.2, 0) is 6.42 Å². The van der Waals surface area contributed by atoms with E-state index in [0.717, 1.165) is 6.42 Å². The number of aryl methyl sites for hydroxylation is 2. The summed E-state index contributed by atoms with van der Waals surface area (Å²) in [4.78, 5) is 3.23. The maximum absolute atomic E-state index is 6.06. The van der Waals surface area contributed by atoms with Gasteiger partial charge in [0.2, 0.25) is 0 Å². The zero-order valence-electron chi connectivity index (χ0n) is 7.78. The lowest BCUT2D eigenvalue weighted by Crippen LogP contribution is -2.24. The topological polar surface area (TPSA) is 41.8 Å². The van der Waals surface area contributed by atoms with Crippen LogP contribution >= 0.6 is 0 Å². The summed E-state index contributed by atoms with van der Waals surface area (Å²) < 4.78 is 0. The molecule has 0 radical (unpaired) electrons. The normalized spacial score (nSPS) is 19.6. The monoisotopic (exact) mass is 164 g/mol. The SMILES string of the molecule is Cc1c[nH]c(C)c1CC1(N)CC1. The summed E-state index contributed by atoms with van der Waals surface area (Å²) in [5.41, 5.74) is 10.3. The summed E-state index contributed by atoms with van der Waals surface area (Å²) in [6, 6.07) is 0. The highest BCUT2D eigenvalue weighted by Crippen LogP contribution is 2.36. The van der Waals surface area contributed by atoms with Gasteiger partial charge in [-0.2, -0.15) is 0 Å². The van der Waals surface area contributed by atoms with Gasteiger partial charge in [0.05, 0.1) is 0 Å². The van der Waals surface area contributed by atoms with Crippen molar-refractivity contribution in [3.8, 4) is 0 Å². The van der Waals surface area contributed by atoms with E-state index in [1.165, 1.54) is 29.7 Å². The van der Waals surface area contributed by atoms with E-state index in [1.54, 1.807) is 0 Å². The second kappa shape index (κ2) is 2.36. The second-order valence-electron chi connectivity index (χ2n) is 4.11. The van der Waals surface area contributed by atoms with Gasteiger partial charge in [0.25, 0.3) is 0 Å². The lowest BCUT2D eigenvalue weighted by Gasteiger charge is -2.08. The first-order valence-corrected chi connectivity index (χ1v) is 4.53. The van der Waals surface area contributed by atoms with E-state index in [1.807, 2.05) is 0 Å². The molecule has 2 nitrogen and oxygen atoms in total. The molecule has 0 amide bonds. The highest BCUT2D eigenvalue weighted by atomic mass is 14.8. The Morgan fingerprint density at radius 1 is 1.50 bits per heavy atom. The molecule has 0 aromatic carbocycles. The molecule has 2 heteroatoms. The lowest BCUT2D eigenvalue weighted by molar-refractivity contribution is 0.667. The van der Waals surface area contributed by atoms with Crippen LogP contribution in [0.4, 0.5) is 0 Å². The Balaban J connectivity index is 2.21. The van der Waals surface area contributed by atoms with Gasteiger partial charge in [0, 0.05) is 17.4 Å². The molecule has 1 aliphatic rings. The zero-order valence-corrected chi connectivity index (χ0v) is 7.78. The number of aromatic nitrogens is 1. The Morgan fingerprint density at radius 3 is 2.58 bits per heavy atom. The molecular formula is C10H16N2. The maximum Gasteiger partial charge on any atom is 0.0197 e. The number of hydrogen-bond donors (Lipinski definition) is 2. The van der Waals surface area contributed by atoms with Crippen molar-refractivity contribution in [1.29, 1.82) is 0 Å². The van der Waals surface area contributed by atoms with Gasteiger partial charge in [-0.15, -0.1) is 0 Å². The van der Waals surface area contributed by atoms with Gasteiger partial charge in [0.1, 0.15) is 0 Å². The molecule has 0 atom stereocenters. The van der Waals surface area contributed by atoms with Gasteiger partial charge in [-0.25, -0.2) is 0 Å². The van der Waals surface area contributed by atoms with E-state index in [-0.39, 0.29) is 5.54 Å². The summed E-state index contributed by atoms with van der Waals surface area (Å²) in [6.45, 7) is 4.26. The minimum atomic E-state index is 0.137. The molecule has 1 saturated carbocycles. The molecule has 1 heterocycles. The van der Waals surface area contributed by atoms with Gasteiger partial charge in [-0.1, -0.05) is 0 Å². The standard InChI is InChI=1S/C10H16N2/c1-7-6-12-8(2)9(7)5-10(11)3-4-10/h6,12H,3-5,11H2,1-2H3. The van der Waals surface area contributed by atoms with Crippen molar-refractivity contribution in [3.63, 3.8) is 0 Å². The van der Waals surface area contributed by atoms with Crippen LogP contribution in [0, 0.1) is 13.8 Å². The molecule has 66 valence electrons. The Bertz CT molecular complexity index is 275. The van der Waals surface area contributed by atoms with Crippen LogP contribution in [0.15, 0.2) is 6.20 Å². The maximum atomic E-state index is 6.06. The molecule has 1 aromatic rings. The van der Waals surface area contributed by atoms with Crippen LogP contribution in [0.3, 0.4) is 0 Å².